The molecule has 43 nitrogen and oxygen atoms in total. The van der Waals surface area contributed by atoms with Crippen LogP contribution >= 0.6 is 0 Å². The molecule has 0 saturated carbocycles. The molecule has 8 aliphatic heterocycles. The standard InChI is InChI=1S/C22H29N7O3.C21H26N6O4.C15H23N7O6S.C15H23N7O3/c1-4-12-31-26-10-11-28-19-17(13-25-28)18-14-27(20(19)21(23-2)24-3)22(30)29(18)32-15-16-8-6-5-7-9-16;1-3-11-30-24-9-10-26-18-16(12-23-26)17-13-25(19(18)20(28)22-2)21(29)27(17)31-14-15-7-5-4-6-8-15;1-4-7-27-19-5-6-21-12-10(8-18-21)11-9-20(13(12)14(16-2)17-3)15(23)22(11)28-29(24,25)26;1-4-7-25-19-5-6-21-12-10(8-18-21)11-9-20(15(23)22(11)24)13(12)14(16-2)17-3/h5-10,13,18,20H,4,11-12,14-15H2,1-3H3,(H,23,24);4-9,12,17,19H,3,10-11,13-14H2,1-2H3,(H,22,28);5,8,11,13H,4,6-7,9H2,1-3H3,(H,16,17)(H,24,25,26);5,8,11,13,24H,4,6-7,9H2,1-3H3,(H,16,17)/b26-10+;24-9+;2*19-5+/t18-,20-;17-,19-;2*11-,13-/m0000/s1. The minimum Gasteiger partial charge on any atom is -0.396 e. The van der Waals surface area contributed by atoms with Gasteiger partial charge in [0.2, 0.25) is 5.91 Å². The van der Waals surface area contributed by atoms with Crippen molar-refractivity contribution < 1.29 is 75.5 Å². The highest BCUT2D eigenvalue weighted by atomic mass is 32.3. The molecule has 2 aromatic carbocycles. The summed E-state index contributed by atoms with van der Waals surface area (Å²) in [6, 6.07) is 13.8. The summed E-state index contributed by atoms with van der Waals surface area (Å²) in [5.41, 5.74) is 8.11. The van der Waals surface area contributed by atoms with Crippen LogP contribution in [0.1, 0.15) is 158 Å². The van der Waals surface area contributed by atoms with Gasteiger partial charge in [0.05, 0.1) is 125 Å². The van der Waals surface area contributed by atoms with E-state index >= 15 is 0 Å². The summed E-state index contributed by atoms with van der Waals surface area (Å²) in [6.07, 6.45) is 16.7. The first-order valence-corrected chi connectivity index (χ1v) is 39.7. The number of hydrogen-bond donors (Lipinski definition) is 6. The predicted molar refractivity (Wildman–Crippen MR) is 424 cm³/mol. The van der Waals surface area contributed by atoms with Crippen molar-refractivity contribution in [3.63, 3.8) is 0 Å². The van der Waals surface area contributed by atoms with Gasteiger partial charge in [0.1, 0.15) is 99.4 Å². The van der Waals surface area contributed by atoms with Crippen LogP contribution in [0, 0.1) is 0 Å². The summed E-state index contributed by atoms with van der Waals surface area (Å²) in [5, 5.41) is 59.6. The Morgan fingerprint density at radius 1 is 0.453 bits per heavy atom. The largest absolute Gasteiger partial charge is 0.418 e. The van der Waals surface area contributed by atoms with Crippen LogP contribution in [0.15, 0.2) is 121 Å². The zero-order chi connectivity index (χ0) is 83.5. The number of aromatic nitrogens is 8. The smallest absolute Gasteiger partial charge is 0.396 e. The second kappa shape index (κ2) is 40.0. The zero-order valence-corrected chi connectivity index (χ0v) is 67.9. The van der Waals surface area contributed by atoms with E-state index in [0.717, 1.165) is 70.0 Å². The molecule has 8 atom stereocenters. The number of fused-ring (bicyclic) bond motifs is 16. The molecule has 44 heteroatoms. The molecule has 117 heavy (non-hydrogen) atoms. The molecule has 6 N–H and O–H groups in total. The number of rotatable bonds is 32. The highest BCUT2D eigenvalue weighted by molar-refractivity contribution is 7.80. The van der Waals surface area contributed by atoms with E-state index in [4.69, 9.17) is 33.6 Å². The van der Waals surface area contributed by atoms with Gasteiger partial charge in [-0.3, -0.25) is 57.9 Å². The van der Waals surface area contributed by atoms with Gasteiger partial charge >= 0.3 is 34.5 Å². The molecule has 12 heterocycles. The van der Waals surface area contributed by atoms with E-state index in [-0.39, 0.29) is 55.8 Å². The molecular formula is C73H101N27O16S. The molecule has 4 fully saturated rings. The Bertz CT molecular complexity index is 4740. The molecule has 630 valence electrons. The average Bonchev–Trinajstić information content (AvgIpc) is 1.93. The van der Waals surface area contributed by atoms with Gasteiger partial charge in [-0.05, 0) is 36.8 Å². The minimum atomic E-state index is -4.88. The highest BCUT2D eigenvalue weighted by Gasteiger charge is 2.57. The Morgan fingerprint density at radius 2 is 0.752 bits per heavy atom. The van der Waals surface area contributed by atoms with Crippen molar-refractivity contribution >= 4 is 82.8 Å². The van der Waals surface area contributed by atoms with Crippen molar-refractivity contribution in [1.29, 1.82) is 0 Å². The fraction of sp³-hybridized carbons (Fsp3) is 0.507. The number of urea groups is 4. The van der Waals surface area contributed by atoms with Gasteiger partial charge in [-0.25, -0.2) is 19.2 Å². The van der Waals surface area contributed by atoms with Crippen molar-refractivity contribution in [3.8, 4) is 0 Å². The van der Waals surface area contributed by atoms with Crippen LogP contribution in [0.4, 0.5) is 19.2 Å². The normalized spacial score (nSPS) is 21.0. The molecular weight excluding hydrogens is 1540 g/mol. The maximum Gasteiger partial charge on any atom is 0.418 e. The van der Waals surface area contributed by atoms with E-state index in [9.17, 15) is 37.6 Å². The van der Waals surface area contributed by atoms with Crippen molar-refractivity contribution in [3.05, 3.63) is 142 Å². The molecule has 0 unspecified atom stereocenters. The summed E-state index contributed by atoms with van der Waals surface area (Å²) in [5.74, 6) is 1.51. The van der Waals surface area contributed by atoms with Gasteiger partial charge in [0.25, 0.3) is 0 Å². The molecule has 8 aliphatic rings. The van der Waals surface area contributed by atoms with Gasteiger partial charge in [-0.1, -0.05) is 109 Å². The van der Waals surface area contributed by atoms with Crippen LogP contribution < -0.4 is 21.3 Å². The molecule has 0 radical (unpaired) electrons. The summed E-state index contributed by atoms with van der Waals surface area (Å²) in [4.78, 5) is 116. The molecule has 0 aliphatic carbocycles. The van der Waals surface area contributed by atoms with Crippen LogP contribution in [0.2, 0.25) is 0 Å². The third kappa shape index (κ3) is 18.6. The Kier molecular flexibility index (Phi) is 29.3. The molecule has 9 amide bonds. The van der Waals surface area contributed by atoms with E-state index in [1.54, 1.807) is 110 Å². The number of carbonyl (C=O) groups is 5. The lowest BCUT2D eigenvalue weighted by Gasteiger charge is -2.32. The number of benzene rings is 2. The lowest BCUT2D eigenvalue weighted by molar-refractivity contribution is -0.141. The number of nitrogens with one attached hydrogen (secondary N) is 4. The number of carbonyl (C=O) groups excluding carboxylic acids is 5. The Hall–Kier alpha value is -12.1. The fourth-order valence-corrected chi connectivity index (χ4v) is 15.1. The van der Waals surface area contributed by atoms with E-state index in [0.29, 0.717) is 112 Å². The average molecular weight is 1640 g/mol. The minimum absolute atomic E-state index is 0.145. The molecule has 4 saturated heterocycles. The number of likely N-dealkylation sites (N-methyl/N-ethyl adjacent to an activating group) is 4. The maximum absolute atomic E-state index is 13.3. The highest BCUT2D eigenvalue weighted by Crippen LogP contribution is 2.48. The van der Waals surface area contributed by atoms with Crippen LogP contribution in [0.25, 0.3) is 0 Å². The lowest BCUT2D eigenvalue weighted by Crippen LogP contribution is -2.43. The lowest BCUT2D eigenvalue weighted by atomic mass is 9.97. The SMILES string of the molecule is CCCO/N=C/Cn1ncc2c1[C@@H](C(=NC)NC)N1C[C@@H]2N(O)C1=O.CCCO/N=C/Cn1ncc2c1[C@@H](C(=NC)NC)N1C[C@@H]2N(OCc2ccccc2)C1=O.CCCO/N=C/Cn1ncc2c1[C@@H](C(=NC)NC)N1C[C@@H]2N(OS(=O)(=O)O)C1=O.CCCO/N=C/Cn1ncc2c1[C@@H](C(=O)NC)N1C[C@@H]2N(OCc2ccccc2)C1=O. The summed E-state index contributed by atoms with van der Waals surface area (Å²) in [6.45, 7) is 13.6. The number of nitrogens with zero attached hydrogens (tertiary/aromatic N) is 23. The molecule has 4 aromatic heterocycles. The second-order valence-corrected chi connectivity index (χ2v) is 28.1. The summed E-state index contributed by atoms with van der Waals surface area (Å²) < 4.78 is 43.0. The quantitative estimate of drug-likeness (QED) is 0.00769. The third-order valence-corrected chi connectivity index (χ3v) is 20.2. The third-order valence-electron chi connectivity index (χ3n) is 19.9. The molecule has 8 bridgehead atoms. The van der Waals surface area contributed by atoms with Crippen molar-refractivity contribution in [2.45, 2.75) is 141 Å². The van der Waals surface area contributed by atoms with Gasteiger partial charge in [0.15, 0.2) is 6.04 Å². The van der Waals surface area contributed by atoms with Crippen molar-refractivity contribution in [2.75, 3.05) is 102 Å². The Balaban J connectivity index is 0.000000154. The number of hydrogen-bond acceptors (Lipinski definition) is 26. The van der Waals surface area contributed by atoms with E-state index < -0.39 is 52.7 Å². The monoisotopic (exact) mass is 1640 g/mol. The number of hydroxylamine groups is 8. The van der Waals surface area contributed by atoms with Gasteiger partial charge in [-0.2, -0.15) is 49.1 Å². The van der Waals surface area contributed by atoms with Gasteiger partial charge in [0, 0.05) is 71.6 Å². The van der Waals surface area contributed by atoms with Crippen molar-refractivity contribution in [2.24, 2.45) is 35.6 Å². The van der Waals surface area contributed by atoms with Gasteiger partial charge < -0.3 is 60.2 Å². The summed E-state index contributed by atoms with van der Waals surface area (Å²) in [7, 11) is 6.85. The van der Waals surface area contributed by atoms with Crippen LogP contribution in [-0.2, 0) is 87.9 Å². The van der Waals surface area contributed by atoms with Gasteiger partial charge in [-0.15, -0.1) is 4.28 Å². The molecule has 14 rings (SSSR count). The fourth-order valence-electron chi connectivity index (χ4n) is 14.7. The first-order chi connectivity index (χ1) is 56.8. The van der Waals surface area contributed by atoms with E-state index in [1.165, 1.54) is 26.1 Å². The van der Waals surface area contributed by atoms with Crippen molar-refractivity contribution in [1.82, 2.24) is 100 Å². The molecule has 0 spiro atoms. The number of oxime groups is 4. The Labute approximate surface area is 675 Å². The van der Waals surface area contributed by atoms with Crippen LogP contribution in [0.3, 0.4) is 0 Å². The molecule has 6 aromatic rings. The summed E-state index contributed by atoms with van der Waals surface area (Å²) >= 11 is 0. The van der Waals surface area contributed by atoms with E-state index in [2.05, 4.69) is 81.5 Å². The van der Waals surface area contributed by atoms with Crippen LogP contribution in [-0.4, -0.2) is 271 Å². The van der Waals surface area contributed by atoms with Crippen LogP contribution in [0.5, 0.6) is 0 Å². The van der Waals surface area contributed by atoms with E-state index in [1.807, 2.05) is 99.2 Å². The topological polar surface area (TPSA) is 456 Å². The number of amides is 9. The number of aliphatic imine (C=N–C) groups is 3. The second-order valence-electron chi connectivity index (χ2n) is 27.1. The zero-order valence-electron chi connectivity index (χ0n) is 67.0. The maximum atomic E-state index is 13.3. The Morgan fingerprint density at radius 3 is 1.07 bits per heavy atom. The number of amidine groups is 3. The first-order valence-electron chi connectivity index (χ1n) is 38.3. The predicted octanol–water partition coefficient (Wildman–Crippen LogP) is 5.39. The first kappa shape index (κ1) is 85.7.